The number of nitrogens with zero attached hydrogens (tertiary/aromatic N) is 4. The summed E-state index contributed by atoms with van der Waals surface area (Å²) in [5.74, 6) is 0.194. The van der Waals surface area contributed by atoms with Gasteiger partial charge in [-0.15, -0.1) is 11.3 Å². The van der Waals surface area contributed by atoms with Crippen molar-refractivity contribution in [2.45, 2.75) is 13.0 Å². The fourth-order valence-corrected chi connectivity index (χ4v) is 7.56. The van der Waals surface area contributed by atoms with Crippen LogP contribution in [0, 0.1) is 0 Å². The molecule has 2 fully saturated rings. The maximum Gasteiger partial charge on any atom is 0.335 e. The number of amides is 1. The van der Waals surface area contributed by atoms with Gasteiger partial charge in [0, 0.05) is 48.6 Å². The number of carbonyl (C=O) groups is 2. The van der Waals surface area contributed by atoms with E-state index in [1.54, 1.807) is 34.4 Å². The van der Waals surface area contributed by atoms with Crippen LogP contribution in [0.5, 0.6) is 5.75 Å². The standard InChI is InChI=1S/C33H33N5O6S3/c39-10-6-34-30-26-16-21(2-4-27(26)35-20-36-30)24-15-25(46-19-24)17-29-31(40)38(33(45)47-29)7-1-11-44-28-5-3-22(32(41)42)14-23(28)18-37-8-12-43-13-9-37/h2-5,14-17,19-20,39H,1,6-13,18H2,(H,41,42)(H,34,35,36). The van der Waals surface area contributed by atoms with Crippen molar-refractivity contribution in [3.63, 3.8) is 0 Å². The first-order valence-electron chi connectivity index (χ1n) is 15.1. The monoisotopic (exact) mass is 691 g/mol. The number of nitrogens with one attached hydrogen (secondary N) is 1. The highest BCUT2D eigenvalue weighted by molar-refractivity contribution is 8.26. The number of thiocarbonyl (C=S) groups is 1. The van der Waals surface area contributed by atoms with Crippen LogP contribution in [0.3, 0.4) is 0 Å². The Labute approximate surface area is 285 Å². The Morgan fingerprint density at radius 2 is 1.98 bits per heavy atom. The molecule has 4 aromatic rings. The van der Waals surface area contributed by atoms with Crippen molar-refractivity contribution in [2.75, 3.05) is 57.9 Å². The van der Waals surface area contributed by atoms with E-state index >= 15 is 0 Å². The highest BCUT2D eigenvalue weighted by Gasteiger charge is 2.31. The average molecular weight is 692 g/mol. The molecule has 6 rings (SSSR count). The van der Waals surface area contributed by atoms with E-state index in [1.807, 2.05) is 35.7 Å². The number of carboxylic acids is 1. The van der Waals surface area contributed by atoms with Gasteiger partial charge in [0.05, 0.1) is 42.4 Å². The van der Waals surface area contributed by atoms with Crippen LogP contribution in [0.25, 0.3) is 28.1 Å². The van der Waals surface area contributed by atoms with Gasteiger partial charge in [-0.05, 0) is 65.4 Å². The number of aliphatic hydroxyl groups is 1. The molecule has 4 heterocycles. The molecule has 0 aliphatic carbocycles. The SMILES string of the molecule is O=C(O)c1ccc(OCCCN2C(=O)C(=Cc3cc(-c4ccc5ncnc(NCCO)c5c4)cs3)SC2=S)c(CN2CCOCC2)c1. The molecule has 14 heteroatoms. The van der Waals surface area contributed by atoms with Gasteiger partial charge in [-0.25, -0.2) is 14.8 Å². The van der Waals surface area contributed by atoms with E-state index < -0.39 is 5.97 Å². The van der Waals surface area contributed by atoms with Crippen molar-refractivity contribution in [2.24, 2.45) is 0 Å². The molecule has 2 aliphatic heterocycles. The number of benzene rings is 2. The number of carboxylic acid groups (broad SMARTS) is 1. The number of morpholine rings is 1. The summed E-state index contributed by atoms with van der Waals surface area (Å²) in [7, 11) is 0. The van der Waals surface area contributed by atoms with Crippen molar-refractivity contribution < 1.29 is 29.3 Å². The van der Waals surface area contributed by atoms with Gasteiger partial charge in [-0.2, -0.15) is 0 Å². The molecular formula is C33H33N5O6S3. The molecule has 2 aromatic carbocycles. The average Bonchev–Trinajstić information content (AvgIpc) is 3.66. The Balaban J connectivity index is 1.07. The lowest BCUT2D eigenvalue weighted by Gasteiger charge is -2.27. The second-order valence-electron chi connectivity index (χ2n) is 10.9. The van der Waals surface area contributed by atoms with Crippen molar-refractivity contribution in [1.29, 1.82) is 0 Å². The summed E-state index contributed by atoms with van der Waals surface area (Å²) in [4.78, 5) is 38.9. The minimum atomic E-state index is -0.980. The number of aliphatic hydroxyl groups excluding tert-OH is 1. The molecule has 0 radical (unpaired) electrons. The highest BCUT2D eigenvalue weighted by Crippen LogP contribution is 2.36. The number of hydrogen-bond donors (Lipinski definition) is 3. The van der Waals surface area contributed by atoms with Crippen LogP contribution in [0.1, 0.15) is 27.2 Å². The first kappa shape index (κ1) is 33.0. The lowest BCUT2D eigenvalue weighted by atomic mass is 10.1. The topological polar surface area (TPSA) is 137 Å². The number of rotatable bonds is 13. The van der Waals surface area contributed by atoms with E-state index in [-0.39, 0.29) is 18.1 Å². The fourth-order valence-electron chi connectivity index (χ4n) is 5.34. The van der Waals surface area contributed by atoms with Gasteiger partial charge >= 0.3 is 5.97 Å². The van der Waals surface area contributed by atoms with Crippen LogP contribution in [0.2, 0.25) is 0 Å². The number of fused-ring (bicyclic) bond motifs is 1. The number of aromatic carboxylic acids is 1. The van der Waals surface area contributed by atoms with E-state index in [2.05, 4.69) is 20.2 Å². The molecule has 0 atom stereocenters. The largest absolute Gasteiger partial charge is 0.493 e. The summed E-state index contributed by atoms with van der Waals surface area (Å²) in [6, 6.07) is 12.9. The maximum atomic E-state index is 13.3. The van der Waals surface area contributed by atoms with Crippen LogP contribution in [-0.4, -0.2) is 98.8 Å². The van der Waals surface area contributed by atoms with Crippen molar-refractivity contribution in [3.8, 4) is 16.9 Å². The Morgan fingerprint density at radius 1 is 1.13 bits per heavy atom. The predicted molar refractivity (Wildman–Crippen MR) is 188 cm³/mol. The molecule has 2 aromatic heterocycles. The van der Waals surface area contributed by atoms with E-state index in [9.17, 15) is 19.8 Å². The number of ether oxygens (including phenoxy) is 2. The predicted octanol–water partition coefficient (Wildman–Crippen LogP) is 4.96. The smallest absolute Gasteiger partial charge is 0.335 e. The molecule has 2 aliphatic rings. The molecular weight excluding hydrogens is 659 g/mol. The molecule has 0 saturated carbocycles. The van der Waals surface area contributed by atoms with Crippen molar-refractivity contribution in [1.82, 2.24) is 19.8 Å². The molecule has 0 unspecified atom stereocenters. The van der Waals surface area contributed by atoms with E-state index in [0.717, 1.165) is 45.6 Å². The van der Waals surface area contributed by atoms with Crippen LogP contribution in [0.4, 0.5) is 5.82 Å². The molecule has 3 N–H and O–H groups in total. The minimum absolute atomic E-state index is 0.000255. The summed E-state index contributed by atoms with van der Waals surface area (Å²) in [6.45, 7) is 4.56. The second-order valence-corrected chi connectivity index (χ2v) is 13.5. The van der Waals surface area contributed by atoms with Gasteiger partial charge < -0.3 is 25.0 Å². The van der Waals surface area contributed by atoms with Crippen molar-refractivity contribution in [3.05, 3.63) is 75.1 Å². The first-order chi connectivity index (χ1) is 22.9. The Bertz CT molecular complexity index is 1820. The van der Waals surface area contributed by atoms with E-state index in [4.69, 9.17) is 21.7 Å². The lowest BCUT2D eigenvalue weighted by molar-refractivity contribution is -0.122. The summed E-state index contributed by atoms with van der Waals surface area (Å²) >= 11 is 8.39. The molecule has 244 valence electrons. The third-order valence-corrected chi connectivity index (χ3v) is 9.99. The lowest BCUT2D eigenvalue weighted by Crippen LogP contribution is -2.35. The molecule has 11 nitrogen and oxygen atoms in total. The van der Waals surface area contributed by atoms with Gasteiger partial charge in [0.1, 0.15) is 22.2 Å². The normalized spacial score (nSPS) is 16.4. The number of carbonyl (C=O) groups excluding carboxylic acids is 1. The zero-order chi connectivity index (χ0) is 32.8. The number of thioether (sulfide) groups is 1. The minimum Gasteiger partial charge on any atom is -0.493 e. The summed E-state index contributed by atoms with van der Waals surface area (Å²) in [5, 5.41) is 24.7. The quantitative estimate of drug-likeness (QED) is 0.0993. The summed E-state index contributed by atoms with van der Waals surface area (Å²) < 4.78 is 12.0. The highest BCUT2D eigenvalue weighted by atomic mass is 32.2. The second kappa shape index (κ2) is 15.3. The van der Waals surface area contributed by atoms with Crippen LogP contribution >= 0.6 is 35.3 Å². The maximum absolute atomic E-state index is 13.3. The molecule has 1 amide bonds. The van der Waals surface area contributed by atoms with Crippen LogP contribution in [0.15, 0.2) is 59.1 Å². The van der Waals surface area contributed by atoms with Gasteiger partial charge in [-0.3, -0.25) is 14.6 Å². The van der Waals surface area contributed by atoms with E-state index in [1.165, 1.54) is 18.1 Å². The molecule has 0 bridgehead atoms. The van der Waals surface area contributed by atoms with E-state index in [0.29, 0.717) is 66.7 Å². The number of aromatic nitrogens is 2. The molecule has 0 spiro atoms. The van der Waals surface area contributed by atoms with Crippen molar-refractivity contribution >= 4 is 74.3 Å². The van der Waals surface area contributed by atoms with Crippen LogP contribution in [-0.2, 0) is 16.1 Å². The first-order valence-corrected chi connectivity index (χ1v) is 17.2. The summed E-state index contributed by atoms with van der Waals surface area (Å²) in [6.07, 6.45) is 3.93. The van der Waals surface area contributed by atoms with Crippen LogP contribution < -0.4 is 10.1 Å². The number of thiophene rings is 1. The Morgan fingerprint density at radius 3 is 2.79 bits per heavy atom. The number of anilines is 1. The Hall–Kier alpha value is -3.92. The zero-order valence-corrected chi connectivity index (χ0v) is 27.8. The number of hydrogen-bond acceptors (Lipinski definition) is 12. The molecule has 47 heavy (non-hydrogen) atoms. The van der Waals surface area contributed by atoms with Gasteiger partial charge in [-0.1, -0.05) is 30.0 Å². The third kappa shape index (κ3) is 7.97. The Kier molecular flexibility index (Phi) is 10.8. The summed E-state index contributed by atoms with van der Waals surface area (Å²) in [5.41, 5.74) is 3.84. The van der Waals surface area contributed by atoms with Gasteiger partial charge in [0.2, 0.25) is 0 Å². The third-order valence-electron chi connectivity index (χ3n) is 7.73. The van der Waals surface area contributed by atoms with Gasteiger partial charge in [0.25, 0.3) is 5.91 Å². The fraction of sp³-hybridized carbons (Fsp3) is 0.303. The van der Waals surface area contributed by atoms with Gasteiger partial charge in [0.15, 0.2) is 0 Å². The zero-order valence-electron chi connectivity index (χ0n) is 25.4. The molecule has 2 saturated heterocycles.